The van der Waals surface area contributed by atoms with Gasteiger partial charge in [0.15, 0.2) is 17.8 Å². The third-order valence-corrected chi connectivity index (χ3v) is 2.05. The van der Waals surface area contributed by atoms with E-state index in [0.29, 0.717) is 12.0 Å². The Morgan fingerprint density at radius 3 is 2.71 bits per heavy atom. The number of aromatic hydroxyl groups is 1. The molecule has 0 bridgehead atoms. The fourth-order valence-corrected chi connectivity index (χ4v) is 1.37. The standard InChI is InChI=1S/C11H14O3/c1-3-4-8-5-9(7-12)11(13)10(6-8)14-2/h5-7,13H,3-4H2,1-2H3. The molecule has 0 aliphatic heterocycles. The lowest BCUT2D eigenvalue weighted by molar-refractivity contribution is 0.112. The highest BCUT2D eigenvalue weighted by Gasteiger charge is 2.09. The zero-order valence-electron chi connectivity index (χ0n) is 8.41. The van der Waals surface area contributed by atoms with Crippen LogP contribution in [0.5, 0.6) is 11.5 Å². The fourth-order valence-electron chi connectivity index (χ4n) is 1.37. The zero-order chi connectivity index (χ0) is 10.6. The quantitative estimate of drug-likeness (QED) is 0.747. The van der Waals surface area contributed by atoms with Crippen molar-refractivity contribution in [3.05, 3.63) is 23.3 Å². The third-order valence-electron chi connectivity index (χ3n) is 2.05. The van der Waals surface area contributed by atoms with Gasteiger partial charge in [-0.15, -0.1) is 0 Å². The Kier molecular flexibility index (Phi) is 3.51. The molecule has 0 atom stereocenters. The molecule has 1 aromatic carbocycles. The number of phenols is 1. The molecule has 0 saturated heterocycles. The van der Waals surface area contributed by atoms with Crippen molar-refractivity contribution in [2.24, 2.45) is 0 Å². The van der Waals surface area contributed by atoms with Gasteiger partial charge in [0.1, 0.15) is 0 Å². The van der Waals surface area contributed by atoms with E-state index in [1.165, 1.54) is 7.11 Å². The van der Waals surface area contributed by atoms with Gasteiger partial charge in [0.2, 0.25) is 0 Å². The zero-order valence-corrected chi connectivity index (χ0v) is 8.41. The lowest BCUT2D eigenvalue weighted by atomic mass is 10.1. The Morgan fingerprint density at radius 1 is 1.50 bits per heavy atom. The van der Waals surface area contributed by atoms with Gasteiger partial charge < -0.3 is 9.84 Å². The molecule has 0 fully saturated rings. The maximum atomic E-state index is 10.6. The summed E-state index contributed by atoms with van der Waals surface area (Å²) in [5.41, 5.74) is 1.29. The Hall–Kier alpha value is -1.51. The van der Waals surface area contributed by atoms with Crippen molar-refractivity contribution < 1.29 is 14.6 Å². The average Bonchev–Trinajstić information content (AvgIpc) is 2.20. The number of ether oxygens (including phenoxy) is 1. The summed E-state index contributed by atoms with van der Waals surface area (Å²) in [6.07, 6.45) is 2.50. The molecular formula is C11H14O3. The van der Waals surface area contributed by atoms with Crippen LogP contribution in [0.4, 0.5) is 0 Å². The monoisotopic (exact) mass is 194 g/mol. The van der Waals surface area contributed by atoms with Crippen LogP contribution >= 0.6 is 0 Å². The van der Waals surface area contributed by atoms with Crippen LogP contribution in [0.2, 0.25) is 0 Å². The highest BCUT2D eigenvalue weighted by molar-refractivity contribution is 5.81. The van der Waals surface area contributed by atoms with Gasteiger partial charge in [-0.1, -0.05) is 13.3 Å². The molecule has 1 aromatic rings. The van der Waals surface area contributed by atoms with Gasteiger partial charge in [-0.05, 0) is 24.1 Å². The van der Waals surface area contributed by atoms with Gasteiger partial charge in [-0.25, -0.2) is 0 Å². The van der Waals surface area contributed by atoms with E-state index < -0.39 is 0 Å². The molecule has 76 valence electrons. The second-order valence-electron chi connectivity index (χ2n) is 3.10. The molecule has 0 radical (unpaired) electrons. The molecule has 0 aliphatic rings. The summed E-state index contributed by atoms with van der Waals surface area (Å²) in [4.78, 5) is 10.6. The van der Waals surface area contributed by atoms with Crippen molar-refractivity contribution in [2.45, 2.75) is 19.8 Å². The summed E-state index contributed by atoms with van der Waals surface area (Å²) in [6, 6.07) is 3.44. The van der Waals surface area contributed by atoms with Crippen molar-refractivity contribution in [3.8, 4) is 11.5 Å². The van der Waals surface area contributed by atoms with Crippen LogP contribution in [0.25, 0.3) is 0 Å². The van der Waals surface area contributed by atoms with Gasteiger partial charge in [0.25, 0.3) is 0 Å². The molecule has 1 rings (SSSR count). The van der Waals surface area contributed by atoms with E-state index in [4.69, 9.17) is 4.74 Å². The topological polar surface area (TPSA) is 46.5 Å². The summed E-state index contributed by atoms with van der Waals surface area (Å²) in [5, 5.41) is 9.53. The highest BCUT2D eigenvalue weighted by Crippen LogP contribution is 2.30. The minimum atomic E-state index is -0.0812. The molecular weight excluding hydrogens is 180 g/mol. The van der Waals surface area contributed by atoms with Crippen LogP contribution in [-0.2, 0) is 6.42 Å². The summed E-state index contributed by atoms with van der Waals surface area (Å²) in [5.74, 6) is 0.278. The first-order valence-corrected chi connectivity index (χ1v) is 4.58. The number of carbonyl (C=O) groups is 1. The lowest BCUT2D eigenvalue weighted by Gasteiger charge is -2.08. The van der Waals surface area contributed by atoms with E-state index in [1.54, 1.807) is 12.1 Å². The smallest absolute Gasteiger partial charge is 0.168 e. The van der Waals surface area contributed by atoms with Crippen molar-refractivity contribution in [1.82, 2.24) is 0 Å². The largest absolute Gasteiger partial charge is 0.504 e. The number of carbonyl (C=O) groups excluding carboxylic acids is 1. The number of aldehydes is 1. The molecule has 14 heavy (non-hydrogen) atoms. The predicted octanol–water partition coefficient (Wildman–Crippen LogP) is 2.17. The maximum Gasteiger partial charge on any atom is 0.168 e. The molecule has 3 heteroatoms. The predicted molar refractivity (Wildman–Crippen MR) is 54.0 cm³/mol. The van der Waals surface area contributed by atoms with Crippen LogP contribution in [-0.4, -0.2) is 18.5 Å². The minimum absolute atomic E-state index is 0.0812. The molecule has 1 N–H and O–H groups in total. The number of rotatable bonds is 4. The minimum Gasteiger partial charge on any atom is -0.504 e. The van der Waals surface area contributed by atoms with Crippen molar-refractivity contribution >= 4 is 6.29 Å². The summed E-state index contributed by atoms with van der Waals surface area (Å²) < 4.78 is 4.97. The van der Waals surface area contributed by atoms with E-state index in [0.717, 1.165) is 18.4 Å². The van der Waals surface area contributed by atoms with E-state index in [2.05, 4.69) is 6.92 Å². The molecule has 0 amide bonds. The average molecular weight is 194 g/mol. The number of hydrogen-bond acceptors (Lipinski definition) is 3. The Morgan fingerprint density at radius 2 is 2.21 bits per heavy atom. The molecule has 3 nitrogen and oxygen atoms in total. The van der Waals surface area contributed by atoms with Crippen molar-refractivity contribution in [1.29, 1.82) is 0 Å². The Bertz CT molecular complexity index is 332. The van der Waals surface area contributed by atoms with Gasteiger partial charge in [-0.2, -0.15) is 0 Å². The summed E-state index contributed by atoms with van der Waals surface area (Å²) >= 11 is 0. The van der Waals surface area contributed by atoms with Crippen molar-refractivity contribution in [3.63, 3.8) is 0 Å². The highest BCUT2D eigenvalue weighted by atomic mass is 16.5. The Labute approximate surface area is 83.3 Å². The number of hydrogen-bond donors (Lipinski definition) is 1. The van der Waals surface area contributed by atoms with Gasteiger partial charge in [0, 0.05) is 0 Å². The van der Waals surface area contributed by atoms with E-state index in [9.17, 15) is 9.90 Å². The summed E-state index contributed by atoms with van der Waals surface area (Å²) in [6.45, 7) is 2.06. The van der Waals surface area contributed by atoms with E-state index >= 15 is 0 Å². The third kappa shape index (κ3) is 2.05. The first-order chi connectivity index (χ1) is 6.72. The Balaban J connectivity index is 3.17. The molecule has 0 aliphatic carbocycles. The molecule has 0 aromatic heterocycles. The van der Waals surface area contributed by atoms with Crippen LogP contribution in [0.15, 0.2) is 12.1 Å². The number of phenolic OH excluding ortho intramolecular Hbond substituents is 1. The first kappa shape index (κ1) is 10.6. The second kappa shape index (κ2) is 4.65. The number of aryl methyl sites for hydroxylation is 1. The van der Waals surface area contributed by atoms with E-state index in [-0.39, 0.29) is 11.3 Å². The van der Waals surface area contributed by atoms with Crippen LogP contribution in [0.3, 0.4) is 0 Å². The molecule has 0 heterocycles. The van der Waals surface area contributed by atoms with Gasteiger partial charge in [0.05, 0.1) is 12.7 Å². The maximum absolute atomic E-state index is 10.6. The SMILES string of the molecule is CCCc1cc(C=O)c(O)c(OC)c1. The second-order valence-corrected chi connectivity index (χ2v) is 3.10. The molecule has 0 unspecified atom stereocenters. The van der Waals surface area contributed by atoms with Crippen molar-refractivity contribution in [2.75, 3.05) is 7.11 Å². The summed E-state index contributed by atoms with van der Waals surface area (Å²) in [7, 11) is 1.47. The van der Waals surface area contributed by atoms with Crippen LogP contribution in [0, 0.1) is 0 Å². The normalized spacial score (nSPS) is 9.86. The van der Waals surface area contributed by atoms with Gasteiger partial charge >= 0.3 is 0 Å². The lowest BCUT2D eigenvalue weighted by Crippen LogP contribution is -1.92. The molecule has 0 saturated carbocycles. The number of benzene rings is 1. The van der Waals surface area contributed by atoms with Crippen LogP contribution in [0.1, 0.15) is 29.3 Å². The fraction of sp³-hybridized carbons (Fsp3) is 0.364. The number of methoxy groups -OCH3 is 1. The first-order valence-electron chi connectivity index (χ1n) is 4.58. The van der Waals surface area contributed by atoms with Gasteiger partial charge in [-0.3, -0.25) is 4.79 Å². The van der Waals surface area contributed by atoms with Crippen LogP contribution < -0.4 is 4.74 Å². The molecule has 0 spiro atoms. The van der Waals surface area contributed by atoms with E-state index in [1.807, 2.05) is 0 Å².